The molecule has 136 valence electrons. The molecule has 0 aliphatic carbocycles. The van der Waals surface area contributed by atoms with Crippen LogP contribution in [-0.2, 0) is 4.79 Å². The molecule has 1 saturated heterocycles. The highest BCUT2D eigenvalue weighted by Crippen LogP contribution is 2.35. The summed E-state index contributed by atoms with van der Waals surface area (Å²) in [6.45, 7) is 0.751. The Hall–Kier alpha value is -2.61. The molecular formula is C18H20N4O3S. The van der Waals surface area contributed by atoms with Gasteiger partial charge in [0, 0.05) is 30.9 Å². The van der Waals surface area contributed by atoms with E-state index in [1.807, 2.05) is 10.3 Å². The number of hydrogen-bond donors (Lipinski definition) is 1. The number of anilines is 2. The fourth-order valence-corrected chi connectivity index (χ4v) is 4.16. The van der Waals surface area contributed by atoms with Gasteiger partial charge in [0.15, 0.2) is 6.61 Å². The molecule has 1 aromatic carbocycles. The number of ether oxygens (including phenoxy) is 1. The van der Waals surface area contributed by atoms with E-state index in [2.05, 4.69) is 10.3 Å². The number of urea groups is 1. The highest BCUT2D eigenvalue weighted by Gasteiger charge is 2.30. The lowest BCUT2D eigenvalue weighted by Crippen LogP contribution is -2.41. The molecule has 1 unspecified atom stereocenters. The molecule has 8 heteroatoms. The monoisotopic (exact) mass is 372 g/mol. The molecule has 0 saturated carbocycles. The molecule has 0 bridgehead atoms. The molecule has 4 rings (SSSR count). The number of piperidine rings is 1. The Morgan fingerprint density at radius 1 is 1.38 bits per heavy atom. The summed E-state index contributed by atoms with van der Waals surface area (Å²) in [5.41, 5.74) is 1.30. The van der Waals surface area contributed by atoms with E-state index in [1.54, 1.807) is 47.7 Å². The second-order valence-electron chi connectivity index (χ2n) is 6.43. The summed E-state index contributed by atoms with van der Waals surface area (Å²) in [6.07, 6.45) is 4.79. The number of fused-ring (bicyclic) bond motifs is 1. The molecule has 0 spiro atoms. The van der Waals surface area contributed by atoms with Gasteiger partial charge in [0.05, 0.1) is 11.7 Å². The largest absolute Gasteiger partial charge is 0.482 e. The number of carbonyl (C=O) groups excluding carboxylic acids is 2. The molecule has 1 atom stereocenters. The van der Waals surface area contributed by atoms with E-state index < -0.39 is 0 Å². The molecule has 2 aliphatic heterocycles. The Morgan fingerprint density at radius 3 is 3.08 bits per heavy atom. The van der Waals surface area contributed by atoms with Crippen molar-refractivity contribution in [1.82, 2.24) is 9.88 Å². The molecule has 3 heterocycles. The van der Waals surface area contributed by atoms with Crippen LogP contribution in [0.3, 0.4) is 0 Å². The lowest BCUT2D eigenvalue weighted by molar-refractivity contribution is -0.120. The Bertz CT molecular complexity index is 824. The first-order chi connectivity index (χ1) is 12.6. The van der Waals surface area contributed by atoms with Crippen LogP contribution in [0, 0.1) is 0 Å². The van der Waals surface area contributed by atoms with Crippen molar-refractivity contribution >= 4 is 34.6 Å². The van der Waals surface area contributed by atoms with E-state index in [0.717, 1.165) is 24.3 Å². The van der Waals surface area contributed by atoms with E-state index in [9.17, 15) is 9.59 Å². The number of carbonyl (C=O) groups is 2. The number of thiazole rings is 1. The molecule has 3 amide bonds. The predicted molar refractivity (Wildman–Crippen MR) is 99.8 cm³/mol. The second kappa shape index (κ2) is 6.95. The van der Waals surface area contributed by atoms with Gasteiger partial charge in [0.25, 0.3) is 5.91 Å². The zero-order chi connectivity index (χ0) is 18.1. The zero-order valence-electron chi connectivity index (χ0n) is 14.5. The van der Waals surface area contributed by atoms with Crippen molar-refractivity contribution in [3.8, 4) is 5.75 Å². The highest BCUT2D eigenvalue weighted by atomic mass is 32.1. The maximum absolute atomic E-state index is 12.9. The number of benzene rings is 1. The Balaban J connectivity index is 1.53. The summed E-state index contributed by atoms with van der Waals surface area (Å²) in [7, 11) is 1.71. The van der Waals surface area contributed by atoms with Crippen molar-refractivity contribution < 1.29 is 14.3 Å². The van der Waals surface area contributed by atoms with Crippen LogP contribution in [0.25, 0.3) is 0 Å². The van der Waals surface area contributed by atoms with Crippen LogP contribution in [-0.4, -0.2) is 42.0 Å². The number of likely N-dealkylation sites (N-methyl/N-ethyl adjacent to an activating group) is 1. The van der Waals surface area contributed by atoms with Crippen LogP contribution in [0.4, 0.5) is 16.2 Å². The minimum Gasteiger partial charge on any atom is -0.482 e. The van der Waals surface area contributed by atoms with E-state index in [-0.39, 0.29) is 24.6 Å². The highest BCUT2D eigenvalue weighted by molar-refractivity contribution is 7.09. The van der Waals surface area contributed by atoms with E-state index in [1.165, 1.54) is 0 Å². The molecule has 2 aliphatic rings. The summed E-state index contributed by atoms with van der Waals surface area (Å²) in [4.78, 5) is 32.5. The van der Waals surface area contributed by atoms with Crippen molar-refractivity contribution in [1.29, 1.82) is 0 Å². The van der Waals surface area contributed by atoms with Crippen LogP contribution in [0.2, 0.25) is 0 Å². The number of nitrogens with zero attached hydrogens (tertiary/aromatic N) is 3. The Labute approximate surface area is 155 Å². The molecule has 2 aromatic rings. The third kappa shape index (κ3) is 3.12. The second-order valence-corrected chi connectivity index (χ2v) is 7.36. The normalized spacial score (nSPS) is 19.7. The van der Waals surface area contributed by atoms with Crippen LogP contribution < -0.4 is 15.0 Å². The third-order valence-corrected chi connectivity index (χ3v) is 5.67. The van der Waals surface area contributed by atoms with Crippen molar-refractivity contribution in [2.45, 2.75) is 25.3 Å². The van der Waals surface area contributed by atoms with Crippen molar-refractivity contribution in [2.75, 3.05) is 30.4 Å². The Morgan fingerprint density at radius 2 is 2.27 bits per heavy atom. The van der Waals surface area contributed by atoms with Crippen molar-refractivity contribution in [3.05, 3.63) is 34.8 Å². The number of hydrogen-bond acceptors (Lipinski definition) is 5. The lowest BCUT2D eigenvalue weighted by atomic mass is 10.0. The number of likely N-dealkylation sites (tertiary alicyclic amines) is 1. The van der Waals surface area contributed by atoms with Gasteiger partial charge in [-0.2, -0.15) is 0 Å². The van der Waals surface area contributed by atoms with Gasteiger partial charge in [-0.15, -0.1) is 11.3 Å². The zero-order valence-corrected chi connectivity index (χ0v) is 15.3. The molecular weight excluding hydrogens is 352 g/mol. The Kier molecular flexibility index (Phi) is 4.50. The van der Waals surface area contributed by atoms with Crippen molar-refractivity contribution in [3.63, 3.8) is 0 Å². The van der Waals surface area contributed by atoms with Gasteiger partial charge < -0.3 is 19.9 Å². The van der Waals surface area contributed by atoms with E-state index >= 15 is 0 Å². The van der Waals surface area contributed by atoms with Crippen LogP contribution in [0.5, 0.6) is 5.75 Å². The maximum atomic E-state index is 12.9. The summed E-state index contributed by atoms with van der Waals surface area (Å²) in [6, 6.07) is 5.22. The first-order valence-electron chi connectivity index (χ1n) is 8.64. The van der Waals surface area contributed by atoms with Gasteiger partial charge in [0.1, 0.15) is 10.8 Å². The smallest absolute Gasteiger partial charge is 0.322 e. The summed E-state index contributed by atoms with van der Waals surface area (Å²) in [5, 5.41) is 5.88. The van der Waals surface area contributed by atoms with Gasteiger partial charge in [-0.05, 0) is 37.5 Å². The van der Waals surface area contributed by atoms with Gasteiger partial charge in [-0.1, -0.05) is 0 Å². The predicted octanol–water partition coefficient (Wildman–Crippen LogP) is 3.26. The molecule has 1 fully saturated rings. The minimum absolute atomic E-state index is 0.0222. The molecule has 1 aromatic heterocycles. The van der Waals surface area contributed by atoms with Gasteiger partial charge >= 0.3 is 6.03 Å². The summed E-state index contributed by atoms with van der Waals surface area (Å²) in [5.74, 6) is 0.532. The van der Waals surface area contributed by atoms with E-state index in [0.29, 0.717) is 23.7 Å². The minimum atomic E-state index is -0.143. The van der Waals surface area contributed by atoms with Crippen molar-refractivity contribution in [2.24, 2.45) is 0 Å². The lowest BCUT2D eigenvalue weighted by Gasteiger charge is -2.34. The summed E-state index contributed by atoms with van der Waals surface area (Å²) < 4.78 is 5.43. The molecule has 7 nitrogen and oxygen atoms in total. The molecule has 0 radical (unpaired) electrons. The standard InChI is InChI=1S/C18H20N4O3S/c1-21-14-10-12(5-6-15(14)25-11-16(21)23)20-18(24)22-8-3-2-4-13(22)17-19-7-9-26-17/h5-7,9-10,13H,2-4,8,11H2,1H3,(H,20,24). The maximum Gasteiger partial charge on any atom is 0.322 e. The first kappa shape index (κ1) is 16.8. The van der Waals surface area contributed by atoms with Gasteiger partial charge in [-0.25, -0.2) is 9.78 Å². The fourth-order valence-electron chi connectivity index (χ4n) is 3.38. The number of aromatic nitrogens is 1. The van der Waals surface area contributed by atoms with Crippen LogP contribution >= 0.6 is 11.3 Å². The number of nitrogens with one attached hydrogen (secondary N) is 1. The van der Waals surface area contributed by atoms with Gasteiger partial charge in [0.2, 0.25) is 0 Å². The topological polar surface area (TPSA) is 74.8 Å². The molecule has 1 N–H and O–H groups in total. The fraction of sp³-hybridized carbons (Fsp3) is 0.389. The first-order valence-corrected chi connectivity index (χ1v) is 9.52. The van der Waals surface area contributed by atoms with E-state index in [4.69, 9.17) is 4.74 Å². The SMILES string of the molecule is CN1C(=O)COc2ccc(NC(=O)N3CCCCC3c3nccs3)cc21. The third-order valence-electron chi connectivity index (χ3n) is 4.80. The van der Waals surface area contributed by atoms with Gasteiger partial charge in [-0.3, -0.25) is 4.79 Å². The number of amides is 3. The quantitative estimate of drug-likeness (QED) is 0.878. The summed E-state index contributed by atoms with van der Waals surface area (Å²) >= 11 is 1.58. The average Bonchev–Trinajstić information content (AvgIpc) is 3.20. The van der Waals surface area contributed by atoms with Crippen LogP contribution in [0.15, 0.2) is 29.8 Å². The number of rotatable bonds is 2. The average molecular weight is 372 g/mol. The molecule has 26 heavy (non-hydrogen) atoms. The van der Waals surface area contributed by atoms with Crippen LogP contribution in [0.1, 0.15) is 30.3 Å².